The summed E-state index contributed by atoms with van der Waals surface area (Å²) in [6.07, 6.45) is 9.02. The number of hydrogen-bond acceptors (Lipinski definition) is 3. The van der Waals surface area contributed by atoms with Crippen LogP contribution in [-0.2, 0) is 0 Å². The summed E-state index contributed by atoms with van der Waals surface area (Å²) >= 11 is 0. The van der Waals surface area contributed by atoms with Gasteiger partial charge in [0.1, 0.15) is 5.75 Å². The molecule has 3 rings (SSSR count). The zero-order valence-corrected chi connectivity index (χ0v) is 18.6. The van der Waals surface area contributed by atoms with Crippen molar-refractivity contribution in [2.24, 2.45) is 0 Å². The van der Waals surface area contributed by atoms with E-state index in [9.17, 15) is 9.59 Å². The van der Waals surface area contributed by atoms with E-state index in [0.29, 0.717) is 29.2 Å². The zero-order valence-electron chi connectivity index (χ0n) is 18.6. The van der Waals surface area contributed by atoms with Gasteiger partial charge in [-0.1, -0.05) is 51.2 Å². The number of nitrogens with one attached hydrogen (secondary N) is 1. The average molecular weight is 423 g/mol. The van der Waals surface area contributed by atoms with Crippen molar-refractivity contribution >= 4 is 17.5 Å². The number of carbonyl (C=O) groups is 2. The number of hydrogen-bond donors (Lipinski definition) is 1. The third-order valence-corrected chi connectivity index (χ3v) is 5.67. The number of carbonyl (C=O) groups excluding carboxylic acids is 2. The molecule has 0 spiro atoms. The molecule has 0 aromatic heterocycles. The first-order valence-corrected chi connectivity index (χ1v) is 11.6. The van der Waals surface area contributed by atoms with Gasteiger partial charge in [0.15, 0.2) is 0 Å². The Bertz CT molecular complexity index is 840. The molecule has 0 bridgehead atoms. The molecule has 1 saturated heterocycles. The Labute approximate surface area is 185 Å². The Morgan fingerprint density at radius 3 is 2.32 bits per heavy atom. The number of anilines is 1. The maximum atomic E-state index is 12.8. The molecule has 1 fully saturated rings. The molecule has 2 aromatic carbocycles. The minimum absolute atomic E-state index is 0.0709. The fourth-order valence-corrected chi connectivity index (χ4v) is 3.84. The summed E-state index contributed by atoms with van der Waals surface area (Å²) in [4.78, 5) is 27.5. The molecule has 1 aliphatic heterocycles. The summed E-state index contributed by atoms with van der Waals surface area (Å²) in [6.45, 7) is 4.44. The van der Waals surface area contributed by atoms with E-state index in [1.54, 1.807) is 30.3 Å². The van der Waals surface area contributed by atoms with Crippen molar-refractivity contribution in [3.63, 3.8) is 0 Å². The minimum atomic E-state index is -0.212. The summed E-state index contributed by atoms with van der Waals surface area (Å²) in [5, 5.41) is 2.92. The molecule has 2 aromatic rings. The number of unbranched alkanes of at least 4 members (excludes halogenated alkanes) is 3. The van der Waals surface area contributed by atoms with E-state index in [2.05, 4.69) is 12.2 Å². The Kier molecular flexibility index (Phi) is 8.95. The lowest BCUT2D eigenvalue weighted by Crippen LogP contribution is -2.31. The van der Waals surface area contributed by atoms with Crippen LogP contribution in [0.3, 0.4) is 0 Å². The summed E-state index contributed by atoms with van der Waals surface area (Å²) in [7, 11) is 0. The first-order chi connectivity index (χ1) is 15.2. The first kappa shape index (κ1) is 22.9. The molecule has 31 heavy (non-hydrogen) atoms. The Balaban J connectivity index is 1.58. The molecular weight excluding hydrogens is 388 g/mol. The van der Waals surface area contributed by atoms with Crippen molar-refractivity contribution in [2.45, 2.75) is 58.3 Å². The minimum Gasteiger partial charge on any atom is -0.493 e. The van der Waals surface area contributed by atoms with Gasteiger partial charge >= 0.3 is 0 Å². The van der Waals surface area contributed by atoms with E-state index in [0.717, 1.165) is 38.8 Å². The topological polar surface area (TPSA) is 58.6 Å². The van der Waals surface area contributed by atoms with Gasteiger partial charge < -0.3 is 15.0 Å². The van der Waals surface area contributed by atoms with Crippen LogP contribution in [0.4, 0.5) is 5.69 Å². The van der Waals surface area contributed by atoms with Crippen LogP contribution in [0.5, 0.6) is 5.75 Å². The average Bonchev–Trinajstić information content (AvgIpc) is 3.09. The second kappa shape index (κ2) is 12.1. The second-order valence-electron chi connectivity index (χ2n) is 8.14. The monoisotopic (exact) mass is 422 g/mol. The molecule has 1 aliphatic rings. The van der Waals surface area contributed by atoms with Gasteiger partial charge in [-0.25, -0.2) is 0 Å². The van der Waals surface area contributed by atoms with Crippen LogP contribution < -0.4 is 10.1 Å². The van der Waals surface area contributed by atoms with Gasteiger partial charge in [0.05, 0.1) is 12.2 Å². The Morgan fingerprint density at radius 2 is 1.61 bits per heavy atom. The van der Waals surface area contributed by atoms with E-state index in [-0.39, 0.29) is 11.8 Å². The highest BCUT2D eigenvalue weighted by molar-refractivity contribution is 6.06. The first-order valence-electron chi connectivity index (χ1n) is 11.6. The molecule has 5 heteroatoms. The van der Waals surface area contributed by atoms with Crippen LogP contribution in [0.2, 0.25) is 0 Å². The number of benzene rings is 2. The van der Waals surface area contributed by atoms with E-state index >= 15 is 0 Å². The van der Waals surface area contributed by atoms with Gasteiger partial charge in [-0.15, -0.1) is 0 Å². The van der Waals surface area contributed by atoms with E-state index in [1.165, 1.54) is 25.7 Å². The molecule has 2 amide bonds. The number of para-hydroxylation sites is 1. The number of amides is 2. The van der Waals surface area contributed by atoms with Crippen LogP contribution in [-0.4, -0.2) is 36.4 Å². The van der Waals surface area contributed by atoms with Crippen LogP contribution in [0.25, 0.3) is 0 Å². The van der Waals surface area contributed by atoms with Gasteiger partial charge in [0, 0.05) is 24.3 Å². The normalized spacial score (nSPS) is 14.0. The van der Waals surface area contributed by atoms with Crippen molar-refractivity contribution in [3.05, 3.63) is 59.7 Å². The molecule has 0 aliphatic carbocycles. The summed E-state index contributed by atoms with van der Waals surface area (Å²) < 4.78 is 5.86. The molecule has 0 atom stereocenters. The van der Waals surface area contributed by atoms with Crippen LogP contribution >= 0.6 is 0 Å². The van der Waals surface area contributed by atoms with Gasteiger partial charge in [-0.3, -0.25) is 9.59 Å². The predicted molar refractivity (Wildman–Crippen MR) is 125 cm³/mol. The highest BCUT2D eigenvalue weighted by Gasteiger charge is 2.18. The largest absolute Gasteiger partial charge is 0.493 e. The highest BCUT2D eigenvalue weighted by atomic mass is 16.5. The number of ether oxygens (including phenoxy) is 1. The van der Waals surface area contributed by atoms with Crippen LogP contribution in [0, 0.1) is 0 Å². The van der Waals surface area contributed by atoms with Crippen LogP contribution in [0.1, 0.15) is 79.0 Å². The van der Waals surface area contributed by atoms with Gasteiger partial charge in [0.2, 0.25) is 0 Å². The van der Waals surface area contributed by atoms with E-state index in [1.807, 2.05) is 23.1 Å². The van der Waals surface area contributed by atoms with Gasteiger partial charge in [0.25, 0.3) is 11.8 Å². The fourth-order valence-electron chi connectivity index (χ4n) is 3.84. The lowest BCUT2D eigenvalue weighted by Gasteiger charge is -2.20. The summed E-state index contributed by atoms with van der Waals surface area (Å²) in [6, 6.07) is 14.5. The van der Waals surface area contributed by atoms with Crippen molar-refractivity contribution < 1.29 is 14.3 Å². The molecule has 166 valence electrons. The third kappa shape index (κ3) is 6.84. The number of rotatable bonds is 9. The SMILES string of the molecule is CCCCCCOc1ccccc1C(=O)Nc1ccc(C(=O)N2CCCCCC2)cc1. The number of nitrogens with zero attached hydrogens (tertiary/aromatic N) is 1. The molecule has 1 N–H and O–H groups in total. The van der Waals surface area contributed by atoms with E-state index in [4.69, 9.17) is 4.74 Å². The summed E-state index contributed by atoms with van der Waals surface area (Å²) in [5.41, 5.74) is 1.84. The van der Waals surface area contributed by atoms with Crippen LogP contribution in [0.15, 0.2) is 48.5 Å². The molecule has 0 saturated carbocycles. The Morgan fingerprint density at radius 1 is 0.903 bits per heavy atom. The Hall–Kier alpha value is -2.82. The van der Waals surface area contributed by atoms with Crippen molar-refractivity contribution in [1.82, 2.24) is 4.90 Å². The molecule has 5 nitrogen and oxygen atoms in total. The second-order valence-corrected chi connectivity index (χ2v) is 8.14. The van der Waals surface area contributed by atoms with Crippen molar-refractivity contribution in [3.8, 4) is 5.75 Å². The maximum absolute atomic E-state index is 12.8. The predicted octanol–water partition coefficient (Wildman–Crippen LogP) is 5.91. The molecule has 0 unspecified atom stereocenters. The zero-order chi connectivity index (χ0) is 21.9. The number of likely N-dealkylation sites (tertiary alicyclic amines) is 1. The highest BCUT2D eigenvalue weighted by Crippen LogP contribution is 2.21. The summed E-state index contributed by atoms with van der Waals surface area (Å²) in [5.74, 6) is 0.460. The maximum Gasteiger partial charge on any atom is 0.259 e. The standard InChI is InChI=1S/C26H34N2O3/c1-2-3-4-11-20-31-24-13-8-7-12-23(24)25(29)27-22-16-14-21(15-17-22)26(30)28-18-9-5-6-10-19-28/h7-8,12-17H,2-6,9-11,18-20H2,1H3,(H,27,29). The third-order valence-electron chi connectivity index (χ3n) is 5.67. The van der Waals surface area contributed by atoms with Gasteiger partial charge in [-0.05, 0) is 55.7 Å². The lowest BCUT2D eigenvalue weighted by atomic mass is 10.1. The smallest absolute Gasteiger partial charge is 0.259 e. The van der Waals surface area contributed by atoms with Crippen molar-refractivity contribution in [1.29, 1.82) is 0 Å². The fraction of sp³-hybridized carbons (Fsp3) is 0.462. The lowest BCUT2D eigenvalue weighted by molar-refractivity contribution is 0.0761. The molecule has 0 radical (unpaired) electrons. The quantitative estimate of drug-likeness (QED) is 0.511. The van der Waals surface area contributed by atoms with Gasteiger partial charge in [-0.2, -0.15) is 0 Å². The van der Waals surface area contributed by atoms with E-state index < -0.39 is 0 Å². The van der Waals surface area contributed by atoms with Crippen molar-refractivity contribution in [2.75, 3.05) is 25.0 Å². The molecule has 1 heterocycles. The molecular formula is C26H34N2O3.